The second-order valence-corrected chi connectivity index (χ2v) is 7.24. The van der Waals surface area contributed by atoms with Crippen molar-refractivity contribution in [2.24, 2.45) is 0 Å². The van der Waals surface area contributed by atoms with Crippen molar-refractivity contribution < 1.29 is 14.3 Å². The fourth-order valence-electron chi connectivity index (χ4n) is 3.27. The molecule has 0 atom stereocenters. The van der Waals surface area contributed by atoms with Gasteiger partial charge >= 0.3 is 6.47 Å². The van der Waals surface area contributed by atoms with E-state index >= 15 is 0 Å². The van der Waals surface area contributed by atoms with Crippen molar-refractivity contribution in [3.63, 3.8) is 0 Å². The maximum atomic E-state index is 9.92. The van der Waals surface area contributed by atoms with Crippen LogP contribution in [0.15, 0.2) is 54.6 Å². The highest BCUT2D eigenvalue weighted by atomic mass is 16.5. The molecule has 0 fully saturated rings. The highest BCUT2D eigenvalue weighted by Crippen LogP contribution is 2.15. The van der Waals surface area contributed by atoms with E-state index in [0.717, 1.165) is 50.9 Å². The Morgan fingerprint density at radius 2 is 1.18 bits per heavy atom. The highest BCUT2D eigenvalue weighted by Gasteiger charge is 1.98. The van der Waals surface area contributed by atoms with Gasteiger partial charge < -0.3 is 9.47 Å². The van der Waals surface area contributed by atoms with Gasteiger partial charge in [0.2, 0.25) is 0 Å². The normalized spacial score (nSPS) is 10.6. The van der Waals surface area contributed by atoms with E-state index < -0.39 is 0 Å². The molecule has 0 heterocycles. The van der Waals surface area contributed by atoms with E-state index in [0.29, 0.717) is 6.61 Å². The summed E-state index contributed by atoms with van der Waals surface area (Å²) >= 11 is 0. The smallest absolute Gasteiger partial charge is 0.417 e. The number of benzene rings is 2. The van der Waals surface area contributed by atoms with Crippen LogP contribution < -0.4 is 4.74 Å². The predicted molar refractivity (Wildman–Crippen MR) is 114 cm³/mol. The van der Waals surface area contributed by atoms with Crippen molar-refractivity contribution in [1.82, 2.24) is 0 Å². The molecular formula is C25H33O3. The summed E-state index contributed by atoms with van der Waals surface area (Å²) in [4.78, 5) is 9.92. The average Bonchev–Trinajstić information content (AvgIpc) is 2.74. The van der Waals surface area contributed by atoms with Gasteiger partial charge in [-0.1, -0.05) is 68.1 Å². The third-order valence-corrected chi connectivity index (χ3v) is 4.92. The lowest BCUT2D eigenvalue weighted by molar-refractivity contribution is 0.269. The summed E-state index contributed by atoms with van der Waals surface area (Å²) < 4.78 is 10.4. The largest absolute Gasteiger partial charge is 0.494 e. The summed E-state index contributed by atoms with van der Waals surface area (Å²) in [6.07, 6.45) is 11.4. The highest BCUT2D eigenvalue weighted by molar-refractivity contribution is 5.38. The molecule has 0 aliphatic carbocycles. The van der Waals surface area contributed by atoms with Crippen LogP contribution >= 0.6 is 0 Å². The minimum Gasteiger partial charge on any atom is -0.494 e. The molecule has 0 saturated carbocycles. The lowest BCUT2D eigenvalue weighted by atomic mass is 10.1. The number of hydrogen-bond donors (Lipinski definition) is 0. The molecule has 2 aromatic rings. The van der Waals surface area contributed by atoms with E-state index in [4.69, 9.17) is 4.74 Å². The zero-order chi connectivity index (χ0) is 19.7. The topological polar surface area (TPSA) is 35.5 Å². The number of rotatable bonds is 16. The molecule has 2 aromatic carbocycles. The van der Waals surface area contributed by atoms with E-state index in [9.17, 15) is 4.79 Å². The first-order valence-corrected chi connectivity index (χ1v) is 10.6. The number of carbonyl (C=O) groups excluding carboxylic acids is 1. The fourth-order valence-corrected chi connectivity index (χ4v) is 3.27. The van der Waals surface area contributed by atoms with Crippen LogP contribution in [-0.2, 0) is 22.4 Å². The van der Waals surface area contributed by atoms with Gasteiger partial charge in [-0.15, -0.1) is 0 Å². The lowest BCUT2D eigenvalue weighted by Crippen LogP contribution is -1.98. The predicted octanol–water partition coefficient (Wildman–Crippen LogP) is 6.06. The summed E-state index contributed by atoms with van der Waals surface area (Å²) in [5.41, 5.74) is 2.79. The van der Waals surface area contributed by atoms with Crippen molar-refractivity contribution in [3.8, 4) is 5.75 Å². The quantitative estimate of drug-likeness (QED) is 0.332. The molecule has 3 heteroatoms. The van der Waals surface area contributed by atoms with E-state index in [1.54, 1.807) is 0 Å². The Morgan fingerprint density at radius 3 is 1.82 bits per heavy atom. The summed E-state index contributed by atoms with van der Waals surface area (Å²) in [5.74, 6) is 0.968. The molecule has 0 aromatic heterocycles. The molecule has 2 rings (SSSR count). The van der Waals surface area contributed by atoms with Crippen LogP contribution in [0.25, 0.3) is 0 Å². The first-order chi connectivity index (χ1) is 13.9. The van der Waals surface area contributed by atoms with Crippen molar-refractivity contribution in [1.29, 1.82) is 0 Å². The van der Waals surface area contributed by atoms with Crippen LogP contribution in [0.4, 0.5) is 0 Å². The zero-order valence-corrected chi connectivity index (χ0v) is 16.9. The van der Waals surface area contributed by atoms with Gasteiger partial charge in [-0.2, -0.15) is 0 Å². The summed E-state index contributed by atoms with van der Waals surface area (Å²) in [5, 5.41) is 0. The van der Waals surface area contributed by atoms with Crippen LogP contribution in [0.3, 0.4) is 0 Å². The second-order valence-electron chi connectivity index (χ2n) is 7.24. The van der Waals surface area contributed by atoms with Crippen LogP contribution in [0.5, 0.6) is 5.75 Å². The molecular weight excluding hydrogens is 348 g/mol. The molecule has 0 amide bonds. The minimum atomic E-state index is 0.489. The van der Waals surface area contributed by atoms with Crippen molar-refractivity contribution in [2.45, 2.75) is 64.2 Å². The van der Waals surface area contributed by atoms with Gasteiger partial charge in [0.25, 0.3) is 0 Å². The Bertz CT molecular complexity index is 622. The first-order valence-electron chi connectivity index (χ1n) is 10.6. The molecule has 0 bridgehead atoms. The standard InChI is InChI=1S/C25H33O3/c26-22-27-20-10-3-1-7-15-24-16-18-25(19-17-24)28-21-11-4-2-6-12-23-13-8-5-9-14-23/h5,8-9,13-14,16-19H,1-4,6-7,10-12,15,20-21H2. The molecule has 0 spiro atoms. The summed E-state index contributed by atoms with van der Waals surface area (Å²) in [6, 6.07) is 19.2. The van der Waals surface area contributed by atoms with Crippen molar-refractivity contribution in [3.05, 3.63) is 65.7 Å². The van der Waals surface area contributed by atoms with Crippen LogP contribution in [0, 0.1) is 0 Å². The molecule has 0 aliphatic rings. The first kappa shape index (κ1) is 22.0. The van der Waals surface area contributed by atoms with Gasteiger partial charge in [0, 0.05) is 0 Å². The van der Waals surface area contributed by atoms with Gasteiger partial charge in [0.05, 0.1) is 13.2 Å². The Hall–Kier alpha value is -2.29. The van der Waals surface area contributed by atoms with Crippen LogP contribution in [0.2, 0.25) is 0 Å². The van der Waals surface area contributed by atoms with Gasteiger partial charge in [-0.05, 0) is 61.8 Å². The molecule has 0 N–H and O–H groups in total. The van der Waals surface area contributed by atoms with Gasteiger partial charge in [0.1, 0.15) is 5.75 Å². The second kappa shape index (κ2) is 14.7. The van der Waals surface area contributed by atoms with Gasteiger partial charge in [-0.25, -0.2) is 4.79 Å². The van der Waals surface area contributed by atoms with Gasteiger partial charge in [0.15, 0.2) is 0 Å². The van der Waals surface area contributed by atoms with Crippen molar-refractivity contribution in [2.75, 3.05) is 13.2 Å². The number of unbranched alkanes of at least 4 members (excludes halogenated alkanes) is 6. The van der Waals surface area contributed by atoms with Crippen molar-refractivity contribution >= 4 is 6.47 Å². The zero-order valence-electron chi connectivity index (χ0n) is 16.9. The monoisotopic (exact) mass is 381 g/mol. The fraction of sp³-hybridized carbons (Fsp3) is 0.480. The van der Waals surface area contributed by atoms with E-state index in [1.807, 2.05) is 0 Å². The van der Waals surface area contributed by atoms with E-state index in [2.05, 4.69) is 59.3 Å². The Balaban J connectivity index is 1.46. The summed E-state index contributed by atoms with van der Waals surface area (Å²) in [6.45, 7) is 2.75. The van der Waals surface area contributed by atoms with Crippen LogP contribution in [0.1, 0.15) is 62.5 Å². The van der Waals surface area contributed by atoms with E-state index in [1.165, 1.54) is 43.3 Å². The maximum absolute atomic E-state index is 9.92. The molecule has 0 unspecified atom stereocenters. The molecule has 1 radical (unpaired) electrons. The minimum absolute atomic E-state index is 0.489. The lowest BCUT2D eigenvalue weighted by Gasteiger charge is -2.08. The molecule has 0 aliphatic heterocycles. The van der Waals surface area contributed by atoms with Crippen LogP contribution in [-0.4, -0.2) is 19.7 Å². The third-order valence-electron chi connectivity index (χ3n) is 4.92. The number of aryl methyl sites for hydroxylation is 2. The Morgan fingerprint density at radius 1 is 0.607 bits per heavy atom. The molecule has 3 nitrogen and oxygen atoms in total. The molecule has 151 valence electrons. The number of hydrogen-bond acceptors (Lipinski definition) is 3. The SMILES string of the molecule is O=[C]OCCCCCCc1ccc(OCCCCCCc2ccccc2)cc1. The van der Waals surface area contributed by atoms with Gasteiger partial charge in [-0.3, -0.25) is 0 Å². The Kier molecular flexibility index (Phi) is 11.6. The molecule has 0 saturated heterocycles. The summed E-state index contributed by atoms with van der Waals surface area (Å²) in [7, 11) is 0. The average molecular weight is 382 g/mol. The Labute approximate surface area is 170 Å². The number of ether oxygens (including phenoxy) is 2. The van der Waals surface area contributed by atoms with E-state index in [-0.39, 0.29) is 0 Å². The maximum Gasteiger partial charge on any atom is 0.417 e. The molecule has 28 heavy (non-hydrogen) atoms. The third kappa shape index (κ3) is 10.1.